The van der Waals surface area contributed by atoms with E-state index in [0.717, 1.165) is 45.3 Å². The Labute approximate surface area is 143 Å². The van der Waals surface area contributed by atoms with Crippen LogP contribution in [0.15, 0.2) is 30.7 Å². The number of ether oxygens (including phenoxy) is 1. The van der Waals surface area contributed by atoms with Crippen LogP contribution in [0.5, 0.6) is 0 Å². The largest absolute Gasteiger partial charge is 0.380 e. The van der Waals surface area contributed by atoms with Gasteiger partial charge in [-0.1, -0.05) is 0 Å². The van der Waals surface area contributed by atoms with Gasteiger partial charge in [-0.3, -0.25) is 14.6 Å². The zero-order valence-electron chi connectivity index (χ0n) is 14.4. The van der Waals surface area contributed by atoms with Crippen LogP contribution < -0.4 is 0 Å². The lowest BCUT2D eigenvalue weighted by Gasteiger charge is -2.32. The van der Waals surface area contributed by atoms with Crippen LogP contribution in [0.4, 0.5) is 0 Å². The fraction of sp³-hybridized carbons (Fsp3) is 0.579. The van der Waals surface area contributed by atoms with Gasteiger partial charge >= 0.3 is 0 Å². The Morgan fingerprint density at radius 3 is 2.79 bits per heavy atom. The van der Waals surface area contributed by atoms with Crippen molar-refractivity contribution in [3.05, 3.63) is 47.5 Å². The molecule has 0 unspecified atom stereocenters. The SMILES string of the molecule is CCn1cc2c(n1)CN(Cc1ccncc1)C[C@@H]2COCC1CC1. The summed E-state index contributed by atoms with van der Waals surface area (Å²) >= 11 is 0. The Balaban J connectivity index is 1.47. The molecule has 1 aliphatic carbocycles. The van der Waals surface area contributed by atoms with Crippen molar-refractivity contribution in [3.63, 3.8) is 0 Å². The molecule has 2 aromatic rings. The summed E-state index contributed by atoms with van der Waals surface area (Å²) in [7, 11) is 0. The lowest BCUT2D eigenvalue weighted by molar-refractivity contribution is 0.0890. The normalized spacial score (nSPS) is 21.0. The molecule has 1 fully saturated rings. The molecule has 0 N–H and O–H groups in total. The second kappa shape index (κ2) is 7.03. The van der Waals surface area contributed by atoms with Crippen molar-refractivity contribution >= 4 is 0 Å². The van der Waals surface area contributed by atoms with Crippen LogP contribution in [0, 0.1) is 5.92 Å². The van der Waals surface area contributed by atoms with Gasteiger partial charge in [0.15, 0.2) is 0 Å². The Bertz CT molecular complexity index is 665. The Morgan fingerprint density at radius 2 is 2.04 bits per heavy atom. The summed E-state index contributed by atoms with van der Waals surface area (Å²) < 4.78 is 8.09. The summed E-state index contributed by atoms with van der Waals surface area (Å²) in [5, 5.41) is 4.77. The van der Waals surface area contributed by atoms with Crippen molar-refractivity contribution in [1.82, 2.24) is 19.7 Å². The van der Waals surface area contributed by atoms with Crippen molar-refractivity contribution in [2.45, 2.75) is 45.3 Å². The first kappa shape index (κ1) is 15.8. The van der Waals surface area contributed by atoms with E-state index in [4.69, 9.17) is 9.84 Å². The third-order valence-electron chi connectivity index (χ3n) is 5.01. The number of aromatic nitrogens is 3. The number of fused-ring (bicyclic) bond motifs is 1. The van der Waals surface area contributed by atoms with Gasteiger partial charge in [-0.05, 0) is 43.4 Å². The number of hydrogen-bond acceptors (Lipinski definition) is 4. The number of aryl methyl sites for hydroxylation is 1. The van der Waals surface area contributed by atoms with Crippen LogP contribution >= 0.6 is 0 Å². The van der Waals surface area contributed by atoms with Gasteiger partial charge in [0.25, 0.3) is 0 Å². The Hall–Kier alpha value is -1.72. The molecule has 1 saturated carbocycles. The molecule has 128 valence electrons. The van der Waals surface area contributed by atoms with E-state index in [1.165, 1.54) is 29.7 Å². The van der Waals surface area contributed by atoms with E-state index in [-0.39, 0.29) is 0 Å². The van der Waals surface area contributed by atoms with Crippen LogP contribution in [0.2, 0.25) is 0 Å². The minimum atomic E-state index is 0.426. The van der Waals surface area contributed by atoms with E-state index >= 15 is 0 Å². The summed E-state index contributed by atoms with van der Waals surface area (Å²) in [6.07, 6.45) is 8.65. The molecule has 0 saturated heterocycles. The molecule has 0 spiro atoms. The van der Waals surface area contributed by atoms with Crippen molar-refractivity contribution in [1.29, 1.82) is 0 Å². The van der Waals surface area contributed by atoms with Crippen LogP contribution in [-0.2, 0) is 24.4 Å². The molecule has 0 aromatic carbocycles. The van der Waals surface area contributed by atoms with E-state index in [1.54, 1.807) is 0 Å². The third-order valence-corrected chi connectivity index (χ3v) is 5.01. The number of nitrogens with zero attached hydrogens (tertiary/aromatic N) is 4. The smallest absolute Gasteiger partial charge is 0.0801 e. The zero-order chi connectivity index (χ0) is 16.4. The maximum absolute atomic E-state index is 6.02. The highest BCUT2D eigenvalue weighted by molar-refractivity contribution is 5.26. The van der Waals surface area contributed by atoms with E-state index in [2.05, 4.69) is 39.8 Å². The molecule has 24 heavy (non-hydrogen) atoms. The summed E-state index contributed by atoms with van der Waals surface area (Å²) in [4.78, 5) is 6.59. The fourth-order valence-electron chi connectivity index (χ4n) is 3.46. The van der Waals surface area contributed by atoms with Gasteiger partial charge in [0, 0.05) is 62.9 Å². The molecule has 0 amide bonds. The molecule has 3 heterocycles. The molecule has 1 aliphatic heterocycles. The van der Waals surface area contributed by atoms with E-state index in [0.29, 0.717) is 5.92 Å². The van der Waals surface area contributed by atoms with Gasteiger partial charge in [-0.25, -0.2) is 0 Å². The predicted molar refractivity (Wildman–Crippen MR) is 92.5 cm³/mol. The quantitative estimate of drug-likeness (QED) is 0.785. The number of pyridine rings is 1. The van der Waals surface area contributed by atoms with Crippen molar-refractivity contribution in [3.8, 4) is 0 Å². The molecule has 0 bridgehead atoms. The maximum atomic E-state index is 6.02. The predicted octanol–water partition coefficient (Wildman–Crippen LogP) is 2.82. The molecular formula is C19H26N4O. The van der Waals surface area contributed by atoms with Gasteiger partial charge < -0.3 is 4.74 Å². The summed E-state index contributed by atoms with van der Waals surface area (Å²) in [5.74, 6) is 1.24. The molecule has 2 aliphatic rings. The maximum Gasteiger partial charge on any atom is 0.0801 e. The monoisotopic (exact) mass is 326 g/mol. The molecule has 2 aromatic heterocycles. The first-order valence-electron chi connectivity index (χ1n) is 9.07. The summed E-state index contributed by atoms with van der Waals surface area (Å²) in [6, 6.07) is 4.19. The van der Waals surface area contributed by atoms with E-state index in [9.17, 15) is 0 Å². The van der Waals surface area contributed by atoms with Gasteiger partial charge in [0.2, 0.25) is 0 Å². The molecule has 5 nitrogen and oxygen atoms in total. The van der Waals surface area contributed by atoms with E-state index < -0.39 is 0 Å². The van der Waals surface area contributed by atoms with Crippen LogP contribution in [0.1, 0.15) is 42.5 Å². The minimum absolute atomic E-state index is 0.426. The topological polar surface area (TPSA) is 43.2 Å². The second-order valence-electron chi connectivity index (χ2n) is 7.09. The molecule has 5 heteroatoms. The van der Waals surface area contributed by atoms with E-state index in [1.807, 2.05) is 12.4 Å². The van der Waals surface area contributed by atoms with Crippen LogP contribution in [0.3, 0.4) is 0 Å². The highest BCUT2D eigenvalue weighted by Crippen LogP contribution is 2.31. The van der Waals surface area contributed by atoms with Gasteiger partial charge in [-0.2, -0.15) is 5.10 Å². The standard InChI is InChI=1S/C19H26N4O/c1-2-23-11-18-17(14-24-13-16-3-4-16)10-22(12-19(18)21-23)9-15-5-7-20-8-6-15/h5-8,11,16-17H,2-4,9-10,12-14H2,1H3/t17-/m1/s1. The van der Waals surface area contributed by atoms with Crippen molar-refractivity contribution in [2.24, 2.45) is 5.92 Å². The van der Waals surface area contributed by atoms with Gasteiger partial charge in [0.1, 0.15) is 0 Å². The Morgan fingerprint density at radius 1 is 1.21 bits per heavy atom. The van der Waals surface area contributed by atoms with Gasteiger partial charge in [0.05, 0.1) is 12.3 Å². The number of rotatable bonds is 7. The lowest BCUT2D eigenvalue weighted by atomic mass is 9.95. The highest BCUT2D eigenvalue weighted by atomic mass is 16.5. The summed E-state index contributed by atoms with van der Waals surface area (Å²) in [5.41, 5.74) is 3.91. The average molecular weight is 326 g/mol. The third kappa shape index (κ3) is 3.68. The molecule has 0 radical (unpaired) electrons. The molecule has 1 atom stereocenters. The van der Waals surface area contributed by atoms with Crippen molar-refractivity contribution < 1.29 is 4.74 Å². The molecular weight excluding hydrogens is 300 g/mol. The second-order valence-corrected chi connectivity index (χ2v) is 7.09. The lowest BCUT2D eigenvalue weighted by Crippen LogP contribution is -2.34. The first-order valence-corrected chi connectivity index (χ1v) is 9.07. The molecule has 4 rings (SSSR count). The first-order chi connectivity index (χ1) is 11.8. The minimum Gasteiger partial charge on any atom is -0.380 e. The van der Waals surface area contributed by atoms with Crippen LogP contribution in [-0.4, -0.2) is 39.4 Å². The summed E-state index contributed by atoms with van der Waals surface area (Å²) in [6.45, 7) is 7.71. The van der Waals surface area contributed by atoms with Crippen LogP contribution in [0.25, 0.3) is 0 Å². The fourth-order valence-corrected chi connectivity index (χ4v) is 3.46. The highest BCUT2D eigenvalue weighted by Gasteiger charge is 2.29. The van der Waals surface area contributed by atoms with Gasteiger partial charge in [-0.15, -0.1) is 0 Å². The zero-order valence-corrected chi connectivity index (χ0v) is 14.4. The Kier molecular flexibility index (Phi) is 4.63. The van der Waals surface area contributed by atoms with Crippen molar-refractivity contribution in [2.75, 3.05) is 19.8 Å². The number of hydrogen-bond donors (Lipinski definition) is 0. The average Bonchev–Trinajstić information content (AvgIpc) is 3.32.